The van der Waals surface area contributed by atoms with E-state index in [1.807, 2.05) is 0 Å². The molecule has 9 heteroatoms. The van der Waals surface area contributed by atoms with Crippen LogP contribution >= 0.6 is 0 Å². The van der Waals surface area contributed by atoms with E-state index in [9.17, 15) is 22.8 Å². The van der Waals surface area contributed by atoms with E-state index >= 15 is 0 Å². The van der Waals surface area contributed by atoms with Crippen LogP contribution in [0.4, 0.5) is 13.2 Å². The van der Waals surface area contributed by atoms with Crippen molar-refractivity contribution in [2.75, 3.05) is 13.6 Å². The molecule has 0 unspecified atom stereocenters. The SMILES string of the molecule is CN(Cc1ccccc1OC(F)(F)F)C(=O)CCCNC(=O)c1ccco1. The van der Waals surface area contributed by atoms with Gasteiger partial charge in [0.1, 0.15) is 5.75 Å². The Bertz CT molecular complexity index is 760. The first-order valence-electron chi connectivity index (χ1n) is 8.15. The summed E-state index contributed by atoms with van der Waals surface area (Å²) >= 11 is 0. The van der Waals surface area contributed by atoms with Crippen LogP contribution in [0.1, 0.15) is 29.0 Å². The number of ether oxygens (including phenoxy) is 1. The molecule has 0 aliphatic heterocycles. The fraction of sp³-hybridized carbons (Fsp3) is 0.333. The predicted molar refractivity (Wildman–Crippen MR) is 89.9 cm³/mol. The predicted octanol–water partition coefficient (Wildman–Crippen LogP) is 3.35. The van der Waals surface area contributed by atoms with E-state index in [1.165, 1.54) is 42.5 Å². The van der Waals surface area contributed by atoms with Crippen LogP contribution in [-0.2, 0) is 11.3 Å². The number of hydrogen-bond donors (Lipinski definition) is 1. The molecule has 0 spiro atoms. The Morgan fingerprint density at radius 3 is 2.59 bits per heavy atom. The van der Waals surface area contributed by atoms with Gasteiger partial charge in [0.15, 0.2) is 5.76 Å². The summed E-state index contributed by atoms with van der Waals surface area (Å²) in [5.74, 6) is -0.793. The number of nitrogens with zero attached hydrogens (tertiary/aromatic N) is 1. The van der Waals surface area contributed by atoms with Crippen molar-refractivity contribution in [1.82, 2.24) is 10.2 Å². The number of hydrogen-bond acceptors (Lipinski definition) is 4. The maximum absolute atomic E-state index is 12.4. The lowest BCUT2D eigenvalue weighted by atomic mass is 10.2. The van der Waals surface area contributed by atoms with Crippen molar-refractivity contribution >= 4 is 11.8 Å². The fourth-order valence-electron chi connectivity index (χ4n) is 2.33. The minimum absolute atomic E-state index is 0.0240. The van der Waals surface area contributed by atoms with Gasteiger partial charge in [-0.1, -0.05) is 18.2 Å². The quantitative estimate of drug-likeness (QED) is 0.709. The molecule has 1 N–H and O–H groups in total. The Kier molecular flexibility index (Phi) is 6.86. The van der Waals surface area contributed by atoms with Gasteiger partial charge in [-0.25, -0.2) is 0 Å². The maximum atomic E-state index is 12.4. The third kappa shape index (κ3) is 6.69. The van der Waals surface area contributed by atoms with Crippen molar-refractivity contribution in [2.24, 2.45) is 0 Å². The zero-order valence-electron chi connectivity index (χ0n) is 14.6. The van der Waals surface area contributed by atoms with Crippen molar-refractivity contribution in [3.05, 3.63) is 54.0 Å². The smallest absolute Gasteiger partial charge is 0.459 e. The third-order valence-electron chi connectivity index (χ3n) is 3.63. The Balaban J connectivity index is 1.79. The van der Waals surface area contributed by atoms with Crippen LogP contribution in [0.2, 0.25) is 0 Å². The first kappa shape index (κ1) is 20.3. The zero-order chi connectivity index (χ0) is 19.9. The average molecular weight is 384 g/mol. The number of para-hydroxylation sites is 1. The van der Waals surface area contributed by atoms with E-state index in [4.69, 9.17) is 4.42 Å². The number of benzene rings is 1. The fourth-order valence-corrected chi connectivity index (χ4v) is 2.33. The van der Waals surface area contributed by atoms with Gasteiger partial charge in [0, 0.05) is 32.1 Å². The van der Waals surface area contributed by atoms with Crippen LogP contribution in [0.25, 0.3) is 0 Å². The summed E-state index contributed by atoms with van der Waals surface area (Å²) < 4.78 is 46.3. The summed E-state index contributed by atoms with van der Waals surface area (Å²) in [5.41, 5.74) is 0.247. The van der Waals surface area contributed by atoms with Gasteiger partial charge in [-0.3, -0.25) is 9.59 Å². The lowest BCUT2D eigenvalue weighted by molar-refractivity contribution is -0.275. The van der Waals surface area contributed by atoms with Crippen LogP contribution in [0, 0.1) is 0 Å². The molecule has 0 aliphatic carbocycles. The second-order valence-corrected chi connectivity index (χ2v) is 5.74. The van der Waals surface area contributed by atoms with Gasteiger partial charge in [-0.2, -0.15) is 0 Å². The van der Waals surface area contributed by atoms with E-state index in [2.05, 4.69) is 10.1 Å². The minimum atomic E-state index is -4.80. The molecule has 1 heterocycles. The van der Waals surface area contributed by atoms with Gasteiger partial charge in [0.25, 0.3) is 5.91 Å². The number of nitrogens with one attached hydrogen (secondary N) is 1. The highest BCUT2D eigenvalue weighted by Crippen LogP contribution is 2.27. The molecule has 0 atom stereocenters. The minimum Gasteiger partial charge on any atom is -0.459 e. The van der Waals surface area contributed by atoms with Crippen molar-refractivity contribution in [2.45, 2.75) is 25.7 Å². The number of halogens is 3. The Labute approximate surface area is 153 Å². The molecular weight excluding hydrogens is 365 g/mol. The van der Waals surface area contributed by atoms with Crippen molar-refractivity contribution in [1.29, 1.82) is 0 Å². The summed E-state index contributed by atoms with van der Waals surface area (Å²) in [4.78, 5) is 25.1. The molecule has 6 nitrogen and oxygen atoms in total. The molecule has 1 aromatic carbocycles. The summed E-state index contributed by atoms with van der Waals surface area (Å²) in [5, 5.41) is 2.62. The van der Waals surface area contributed by atoms with Gasteiger partial charge in [0.05, 0.1) is 6.26 Å². The molecule has 0 bridgehead atoms. The number of carbonyl (C=O) groups is 2. The molecule has 27 heavy (non-hydrogen) atoms. The van der Waals surface area contributed by atoms with E-state index in [1.54, 1.807) is 12.1 Å². The van der Waals surface area contributed by atoms with Crippen LogP contribution in [0.5, 0.6) is 5.75 Å². The molecule has 0 fully saturated rings. The maximum Gasteiger partial charge on any atom is 0.573 e. The molecule has 0 saturated carbocycles. The Hall–Kier alpha value is -2.97. The second-order valence-electron chi connectivity index (χ2n) is 5.74. The Morgan fingerprint density at radius 1 is 1.19 bits per heavy atom. The lowest BCUT2D eigenvalue weighted by Gasteiger charge is -2.20. The average Bonchev–Trinajstić information content (AvgIpc) is 3.13. The third-order valence-corrected chi connectivity index (χ3v) is 3.63. The number of carbonyl (C=O) groups excluding carboxylic acids is 2. The van der Waals surface area contributed by atoms with Crippen LogP contribution < -0.4 is 10.1 Å². The summed E-state index contributed by atoms with van der Waals surface area (Å²) in [6, 6.07) is 8.78. The standard InChI is InChI=1S/C18H19F3N2O4/c1-23(12-13-6-2-3-7-14(13)27-18(19,20)21)16(24)9-4-10-22-17(25)15-8-5-11-26-15/h2-3,5-8,11H,4,9-10,12H2,1H3,(H,22,25). The van der Waals surface area contributed by atoms with Gasteiger partial charge in [0.2, 0.25) is 5.91 Å². The first-order valence-corrected chi connectivity index (χ1v) is 8.15. The number of rotatable bonds is 8. The molecular formula is C18H19F3N2O4. The van der Waals surface area contributed by atoms with Gasteiger partial charge >= 0.3 is 6.36 Å². The van der Waals surface area contributed by atoms with Crippen LogP contribution in [-0.4, -0.2) is 36.7 Å². The molecule has 2 aromatic rings. The topological polar surface area (TPSA) is 71.8 Å². The summed E-state index contributed by atoms with van der Waals surface area (Å²) in [7, 11) is 1.49. The van der Waals surface area contributed by atoms with Crippen LogP contribution in [0.15, 0.2) is 47.1 Å². The lowest BCUT2D eigenvalue weighted by Crippen LogP contribution is -2.29. The van der Waals surface area contributed by atoms with Gasteiger partial charge < -0.3 is 19.4 Å². The van der Waals surface area contributed by atoms with Crippen molar-refractivity contribution in [3.8, 4) is 5.75 Å². The second kappa shape index (κ2) is 9.11. The van der Waals surface area contributed by atoms with Gasteiger partial charge in [-0.15, -0.1) is 13.2 Å². The highest BCUT2D eigenvalue weighted by atomic mass is 19.4. The molecule has 2 rings (SSSR count). The zero-order valence-corrected chi connectivity index (χ0v) is 14.6. The Morgan fingerprint density at radius 2 is 1.93 bits per heavy atom. The van der Waals surface area contributed by atoms with E-state index in [0.717, 1.165) is 0 Å². The van der Waals surface area contributed by atoms with Crippen LogP contribution in [0.3, 0.4) is 0 Å². The molecule has 2 amide bonds. The monoisotopic (exact) mass is 384 g/mol. The van der Waals surface area contributed by atoms with Crippen molar-refractivity contribution < 1.29 is 31.9 Å². The largest absolute Gasteiger partial charge is 0.573 e. The van der Waals surface area contributed by atoms with E-state index < -0.39 is 6.36 Å². The normalized spacial score (nSPS) is 11.1. The number of alkyl halides is 3. The number of furan rings is 1. The molecule has 1 aromatic heterocycles. The summed E-state index contributed by atoms with van der Waals surface area (Å²) in [6.07, 6.45) is -2.90. The molecule has 0 saturated heterocycles. The van der Waals surface area contributed by atoms with E-state index in [0.29, 0.717) is 6.42 Å². The van der Waals surface area contributed by atoms with Gasteiger partial charge in [-0.05, 0) is 24.6 Å². The van der Waals surface area contributed by atoms with E-state index in [-0.39, 0.29) is 48.4 Å². The highest BCUT2D eigenvalue weighted by molar-refractivity contribution is 5.91. The summed E-state index contributed by atoms with van der Waals surface area (Å²) in [6.45, 7) is 0.247. The first-order chi connectivity index (χ1) is 12.8. The highest BCUT2D eigenvalue weighted by Gasteiger charge is 2.32. The molecule has 0 aliphatic rings. The van der Waals surface area contributed by atoms with Crippen molar-refractivity contribution in [3.63, 3.8) is 0 Å². The number of amides is 2. The molecule has 146 valence electrons. The molecule has 0 radical (unpaired) electrons.